The summed E-state index contributed by atoms with van der Waals surface area (Å²) >= 11 is 0. The van der Waals surface area contributed by atoms with Gasteiger partial charge in [0.05, 0.1) is 0 Å². The minimum absolute atomic E-state index is 0.232. The molecule has 0 saturated carbocycles. The van der Waals surface area contributed by atoms with E-state index in [0.717, 1.165) is 16.5 Å². The summed E-state index contributed by atoms with van der Waals surface area (Å²) in [6.45, 7) is 3.80. The first-order valence-corrected chi connectivity index (χ1v) is 6.23. The number of aromatic nitrogens is 1. The summed E-state index contributed by atoms with van der Waals surface area (Å²) in [6.07, 6.45) is 8.19. The molecular formula is C16H18N2O. The first-order valence-electron chi connectivity index (χ1n) is 6.23. The third-order valence-electron chi connectivity index (χ3n) is 3.24. The Balaban J connectivity index is 2.56. The molecule has 0 saturated heterocycles. The molecule has 1 aromatic heterocycles. The van der Waals surface area contributed by atoms with Crippen molar-refractivity contribution >= 4 is 10.9 Å². The topological polar surface area (TPSA) is 59.1 Å². The quantitative estimate of drug-likeness (QED) is 0.827. The Morgan fingerprint density at radius 2 is 2.26 bits per heavy atom. The molecule has 0 fully saturated rings. The fourth-order valence-electron chi connectivity index (χ4n) is 2.32. The molecular weight excluding hydrogens is 236 g/mol. The van der Waals surface area contributed by atoms with E-state index < -0.39 is 5.54 Å². The van der Waals surface area contributed by atoms with Gasteiger partial charge in [-0.3, -0.25) is 4.98 Å². The molecule has 3 N–H and O–H groups in total. The van der Waals surface area contributed by atoms with E-state index in [2.05, 4.69) is 10.9 Å². The van der Waals surface area contributed by atoms with E-state index in [0.29, 0.717) is 18.4 Å². The largest absolute Gasteiger partial charge is 0.505 e. The van der Waals surface area contributed by atoms with Gasteiger partial charge in [0.1, 0.15) is 11.3 Å². The van der Waals surface area contributed by atoms with Gasteiger partial charge >= 0.3 is 0 Å². The Hall–Kier alpha value is -2.05. The van der Waals surface area contributed by atoms with Crippen LogP contribution in [0.3, 0.4) is 0 Å². The van der Waals surface area contributed by atoms with Crippen LogP contribution in [0, 0.1) is 19.3 Å². The van der Waals surface area contributed by atoms with Crippen LogP contribution in [0.2, 0.25) is 0 Å². The molecule has 3 nitrogen and oxygen atoms in total. The lowest BCUT2D eigenvalue weighted by atomic mass is 9.88. The molecule has 0 spiro atoms. The van der Waals surface area contributed by atoms with Gasteiger partial charge in [-0.25, -0.2) is 0 Å². The molecule has 0 bridgehead atoms. The molecule has 1 atom stereocenters. The molecule has 1 unspecified atom stereocenters. The van der Waals surface area contributed by atoms with Crippen molar-refractivity contribution in [2.75, 3.05) is 0 Å². The zero-order valence-electron chi connectivity index (χ0n) is 11.3. The van der Waals surface area contributed by atoms with Crippen LogP contribution in [-0.4, -0.2) is 15.6 Å². The fourth-order valence-corrected chi connectivity index (χ4v) is 2.32. The maximum absolute atomic E-state index is 10.1. The Bertz CT molecular complexity index is 654. The molecule has 0 aliphatic heterocycles. The van der Waals surface area contributed by atoms with Crippen molar-refractivity contribution in [3.8, 4) is 18.1 Å². The predicted molar refractivity (Wildman–Crippen MR) is 77.9 cm³/mol. The summed E-state index contributed by atoms with van der Waals surface area (Å²) in [4.78, 5) is 4.25. The van der Waals surface area contributed by atoms with Crippen LogP contribution in [0.4, 0.5) is 0 Å². The summed E-state index contributed by atoms with van der Waals surface area (Å²) in [7, 11) is 0. The highest BCUT2D eigenvalue weighted by atomic mass is 16.3. The third kappa shape index (κ3) is 2.69. The first-order chi connectivity index (χ1) is 8.94. The smallest absolute Gasteiger partial charge is 0.144 e. The van der Waals surface area contributed by atoms with E-state index in [-0.39, 0.29) is 5.75 Å². The van der Waals surface area contributed by atoms with Crippen LogP contribution in [0.1, 0.15) is 24.5 Å². The van der Waals surface area contributed by atoms with Gasteiger partial charge in [-0.15, -0.1) is 12.3 Å². The van der Waals surface area contributed by atoms with Crippen molar-refractivity contribution in [1.29, 1.82) is 0 Å². The van der Waals surface area contributed by atoms with E-state index in [4.69, 9.17) is 12.2 Å². The number of aryl methyl sites for hydroxylation is 1. The van der Waals surface area contributed by atoms with Gasteiger partial charge in [-0.05, 0) is 37.5 Å². The standard InChI is InChI=1S/C16H18N2O/c1-4-7-16(3,17)10-12-9-11(2)15(19)14-13(12)6-5-8-18-14/h1,5-6,8-9,19H,7,10,17H2,2-3H3. The minimum Gasteiger partial charge on any atom is -0.505 e. The summed E-state index contributed by atoms with van der Waals surface area (Å²) in [6, 6.07) is 5.76. The van der Waals surface area contributed by atoms with Crippen LogP contribution in [-0.2, 0) is 6.42 Å². The lowest BCUT2D eigenvalue weighted by molar-refractivity contribution is 0.471. The third-order valence-corrected chi connectivity index (χ3v) is 3.24. The van der Waals surface area contributed by atoms with Crippen LogP contribution >= 0.6 is 0 Å². The van der Waals surface area contributed by atoms with E-state index in [9.17, 15) is 5.11 Å². The number of hydrogen-bond donors (Lipinski definition) is 2. The highest BCUT2D eigenvalue weighted by Gasteiger charge is 2.20. The number of benzene rings is 1. The summed E-state index contributed by atoms with van der Waals surface area (Å²) < 4.78 is 0. The minimum atomic E-state index is -0.457. The van der Waals surface area contributed by atoms with E-state index >= 15 is 0 Å². The first kappa shape index (κ1) is 13.4. The molecule has 0 amide bonds. The van der Waals surface area contributed by atoms with Crippen molar-refractivity contribution in [2.24, 2.45) is 5.73 Å². The highest BCUT2D eigenvalue weighted by Crippen LogP contribution is 2.31. The molecule has 0 aliphatic rings. The molecule has 19 heavy (non-hydrogen) atoms. The average molecular weight is 254 g/mol. The van der Waals surface area contributed by atoms with Crippen molar-refractivity contribution in [3.63, 3.8) is 0 Å². The lowest BCUT2D eigenvalue weighted by Gasteiger charge is -2.23. The number of nitrogens with zero attached hydrogens (tertiary/aromatic N) is 1. The Labute approximate surface area is 113 Å². The van der Waals surface area contributed by atoms with E-state index in [1.807, 2.05) is 32.0 Å². The fraction of sp³-hybridized carbons (Fsp3) is 0.312. The van der Waals surface area contributed by atoms with Crippen LogP contribution in [0.15, 0.2) is 24.4 Å². The lowest BCUT2D eigenvalue weighted by Crippen LogP contribution is -2.38. The van der Waals surface area contributed by atoms with Crippen molar-refractivity contribution in [3.05, 3.63) is 35.5 Å². The van der Waals surface area contributed by atoms with Gasteiger partial charge in [0.2, 0.25) is 0 Å². The number of rotatable bonds is 3. The second-order valence-electron chi connectivity index (χ2n) is 5.31. The summed E-state index contributed by atoms with van der Waals surface area (Å²) in [5.74, 6) is 2.84. The van der Waals surface area contributed by atoms with Crippen molar-refractivity contribution in [1.82, 2.24) is 4.98 Å². The van der Waals surface area contributed by atoms with Gasteiger partial charge in [-0.1, -0.05) is 12.1 Å². The van der Waals surface area contributed by atoms with Gasteiger partial charge in [0.25, 0.3) is 0 Å². The maximum atomic E-state index is 10.1. The monoisotopic (exact) mass is 254 g/mol. The Morgan fingerprint density at radius 1 is 1.53 bits per heavy atom. The zero-order chi connectivity index (χ0) is 14.0. The average Bonchev–Trinajstić information content (AvgIpc) is 2.35. The number of nitrogens with two attached hydrogens (primary N) is 1. The summed E-state index contributed by atoms with van der Waals surface area (Å²) in [5.41, 5.74) is 8.25. The number of fused-ring (bicyclic) bond motifs is 1. The van der Waals surface area contributed by atoms with E-state index in [1.165, 1.54) is 0 Å². The molecule has 0 aliphatic carbocycles. The van der Waals surface area contributed by atoms with E-state index in [1.54, 1.807) is 6.20 Å². The second kappa shape index (κ2) is 4.91. The summed E-state index contributed by atoms with van der Waals surface area (Å²) in [5, 5.41) is 11.0. The number of pyridine rings is 1. The molecule has 2 rings (SSSR count). The maximum Gasteiger partial charge on any atom is 0.144 e. The number of phenols is 1. The molecule has 1 aromatic carbocycles. The molecule has 98 valence electrons. The molecule has 0 radical (unpaired) electrons. The van der Waals surface area contributed by atoms with Gasteiger partial charge in [0.15, 0.2) is 0 Å². The van der Waals surface area contributed by atoms with Crippen LogP contribution in [0.25, 0.3) is 10.9 Å². The highest BCUT2D eigenvalue weighted by molar-refractivity contribution is 5.88. The molecule has 1 heterocycles. The second-order valence-corrected chi connectivity index (χ2v) is 5.31. The van der Waals surface area contributed by atoms with Crippen molar-refractivity contribution in [2.45, 2.75) is 32.2 Å². The van der Waals surface area contributed by atoms with Gasteiger partial charge in [-0.2, -0.15) is 0 Å². The molecule has 2 aromatic rings. The predicted octanol–water partition coefficient (Wildman–Crippen LogP) is 2.53. The Kier molecular flexibility index (Phi) is 3.46. The zero-order valence-corrected chi connectivity index (χ0v) is 11.3. The number of hydrogen-bond acceptors (Lipinski definition) is 3. The van der Waals surface area contributed by atoms with Crippen LogP contribution < -0.4 is 5.73 Å². The normalized spacial score (nSPS) is 14.0. The number of aromatic hydroxyl groups is 1. The van der Waals surface area contributed by atoms with Crippen molar-refractivity contribution < 1.29 is 5.11 Å². The SMILES string of the molecule is C#CCC(C)(N)Cc1cc(C)c(O)c2ncccc12. The van der Waals surface area contributed by atoms with Gasteiger partial charge in [0, 0.05) is 23.5 Å². The number of terminal acetylenes is 1. The Morgan fingerprint density at radius 3 is 2.95 bits per heavy atom. The molecule has 3 heteroatoms. The number of phenolic OH excluding ortho intramolecular Hbond substituents is 1. The van der Waals surface area contributed by atoms with Gasteiger partial charge < -0.3 is 10.8 Å². The van der Waals surface area contributed by atoms with Crippen LogP contribution in [0.5, 0.6) is 5.75 Å².